The first-order valence-corrected chi connectivity index (χ1v) is 10.1. The Labute approximate surface area is 169 Å². The highest BCUT2D eigenvalue weighted by Crippen LogP contribution is 2.24. The summed E-state index contributed by atoms with van der Waals surface area (Å²) in [5.74, 6) is 0.930. The van der Waals surface area contributed by atoms with E-state index in [2.05, 4.69) is 41.1 Å². The Bertz CT molecular complexity index is 909. The zero-order valence-corrected chi connectivity index (χ0v) is 16.8. The molecule has 0 aromatic carbocycles. The smallest absolute Gasteiger partial charge is 0.323 e. The second-order valence-corrected chi connectivity index (χ2v) is 7.79. The van der Waals surface area contributed by atoms with Crippen LogP contribution >= 0.6 is 27.3 Å². The van der Waals surface area contributed by atoms with Gasteiger partial charge in [0.2, 0.25) is 0 Å². The number of carbonyl (C=O) groups is 1. The number of urea groups is 1. The van der Waals surface area contributed by atoms with Crippen molar-refractivity contribution >= 4 is 44.2 Å². The van der Waals surface area contributed by atoms with Crippen molar-refractivity contribution in [2.24, 2.45) is 0 Å². The number of halogens is 1. The predicted molar refractivity (Wildman–Crippen MR) is 110 cm³/mol. The van der Waals surface area contributed by atoms with Crippen molar-refractivity contribution in [1.82, 2.24) is 19.9 Å². The third-order valence-corrected chi connectivity index (χ3v) is 5.50. The summed E-state index contributed by atoms with van der Waals surface area (Å²) in [4.78, 5) is 29.5. The van der Waals surface area contributed by atoms with Gasteiger partial charge in [0.25, 0.3) is 0 Å². The van der Waals surface area contributed by atoms with Crippen LogP contribution < -0.4 is 10.2 Å². The molecule has 0 bridgehead atoms. The van der Waals surface area contributed by atoms with Crippen LogP contribution in [0.5, 0.6) is 0 Å². The third kappa shape index (κ3) is 4.25. The number of thiazole rings is 1. The van der Waals surface area contributed by atoms with Gasteiger partial charge in [0.15, 0.2) is 5.13 Å². The highest BCUT2D eigenvalue weighted by Gasteiger charge is 2.22. The predicted octanol–water partition coefficient (Wildman–Crippen LogP) is 3.72. The molecule has 4 rings (SSSR count). The summed E-state index contributed by atoms with van der Waals surface area (Å²) in [5, 5.41) is 5.41. The van der Waals surface area contributed by atoms with E-state index in [1.807, 2.05) is 29.6 Å². The van der Waals surface area contributed by atoms with Crippen LogP contribution in [0.1, 0.15) is 0 Å². The second kappa shape index (κ2) is 8.01. The van der Waals surface area contributed by atoms with Gasteiger partial charge in [-0.1, -0.05) is 0 Å². The minimum absolute atomic E-state index is 0.120. The number of nitrogens with one attached hydrogen (secondary N) is 1. The highest BCUT2D eigenvalue weighted by atomic mass is 79.9. The molecule has 4 heterocycles. The van der Waals surface area contributed by atoms with E-state index in [0.717, 1.165) is 34.6 Å². The molecule has 1 saturated heterocycles. The third-order valence-electron chi connectivity index (χ3n) is 4.28. The standard InChI is InChI=1S/C18H17BrN6OS/c19-14-3-4-16(21-11-14)24-6-8-25(9-7-24)18(26)23-17-22-15(12-27-17)13-2-1-5-20-10-13/h1-5,10-12H,6-9H2,(H,22,23,26). The Morgan fingerprint density at radius 1 is 1.15 bits per heavy atom. The van der Waals surface area contributed by atoms with E-state index in [0.29, 0.717) is 18.2 Å². The molecule has 0 unspecified atom stereocenters. The minimum Gasteiger partial charge on any atom is -0.353 e. The van der Waals surface area contributed by atoms with Crippen LogP contribution in [0, 0.1) is 0 Å². The van der Waals surface area contributed by atoms with Gasteiger partial charge in [-0.3, -0.25) is 10.3 Å². The van der Waals surface area contributed by atoms with E-state index in [9.17, 15) is 4.79 Å². The van der Waals surface area contributed by atoms with Crippen LogP contribution in [0.2, 0.25) is 0 Å². The summed E-state index contributed by atoms with van der Waals surface area (Å²) >= 11 is 4.81. The quantitative estimate of drug-likeness (QED) is 0.666. The summed E-state index contributed by atoms with van der Waals surface area (Å²) in [5.41, 5.74) is 1.75. The molecule has 1 aliphatic heterocycles. The van der Waals surface area contributed by atoms with Crippen molar-refractivity contribution in [1.29, 1.82) is 0 Å². The average Bonchev–Trinajstić information content (AvgIpc) is 3.18. The summed E-state index contributed by atoms with van der Waals surface area (Å²) in [6.07, 6.45) is 5.27. The molecule has 0 saturated carbocycles. The van der Waals surface area contributed by atoms with E-state index >= 15 is 0 Å². The largest absolute Gasteiger partial charge is 0.353 e. The lowest BCUT2D eigenvalue weighted by molar-refractivity contribution is 0.208. The van der Waals surface area contributed by atoms with Crippen molar-refractivity contribution in [3.63, 3.8) is 0 Å². The zero-order chi connectivity index (χ0) is 18.6. The number of rotatable bonds is 3. The zero-order valence-electron chi connectivity index (χ0n) is 14.4. The molecular formula is C18H17BrN6OS. The summed E-state index contributed by atoms with van der Waals surface area (Å²) in [6, 6.07) is 7.65. The first-order chi connectivity index (χ1) is 13.2. The normalized spacial score (nSPS) is 14.3. The van der Waals surface area contributed by atoms with Gasteiger partial charge < -0.3 is 9.80 Å². The Hall–Kier alpha value is -2.52. The van der Waals surface area contributed by atoms with Crippen LogP contribution in [0.15, 0.2) is 52.7 Å². The van der Waals surface area contributed by atoms with Crippen LogP contribution in [0.3, 0.4) is 0 Å². The van der Waals surface area contributed by atoms with Crippen molar-refractivity contribution in [2.75, 3.05) is 36.4 Å². The maximum absolute atomic E-state index is 12.5. The van der Waals surface area contributed by atoms with E-state index in [1.165, 1.54) is 11.3 Å². The highest BCUT2D eigenvalue weighted by molar-refractivity contribution is 9.10. The fourth-order valence-corrected chi connectivity index (χ4v) is 3.79. The average molecular weight is 445 g/mol. The molecule has 138 valence electrons. The van der Waals surface area contributed by atoms with E-state index < -0.39 is 0 Å². The van der Waals surface area contributed by atoms with Crippen molar-refractivity contribution in [3.05, 3.63) is 52.7 Å². The second-order valence-electron chi connectivity index (χ2n) is 6.02. The van der Waals surface area contributed by atoms with Crippen LogP contribution in [0.25, 0.3) is 11.3 Å². The van der Waals surface area contributed by atoms with Crippen molar-refractivity contribution in [3.8, 4) is 11.3 Å². The Balaban J connectivity index is 1.33. The number of pyridine rings is 2. The Morgan fingerprint density at radius 3 is 2.70 bits per heavy atom. The maximum Gasteiger partial charge on any atom is 0.323 e. The molecule has 7 nitrogen and oxygen atoms in total. The molecule has 0 spiro atoms. The van der Waals surface area contributed by atoms with E-state index in [-0.39, 0.29) is 6.03 Å². The molecular weight excluding hydrogens is 428 g/mol. The number of carbonyl (C=O) groups excluding carboxylic acids is 1. The minimum atomic E-state index is -0.120. The molecule has 9 heteroatoms. The number of nitrogens with zero attached hydrogens (tertiary/aromatic N) is 5. The van der Waals surface area contributed by atoms with Crippen LogP contribution in [-0.4, -0.2) is 52.1 Å². The van der Waals surface area contributed by atoms with Crippen LogP contribution in [0.4, 0.5) is 15.7 Å². The lowest BCUT2D eigenvalue weighted by Gasteiger charge is -2.35. The summed E-state index contributed by atoms with van der Waals surface area (Å²) < 4.78 is 0.957. The van der Waals surface area contributed by atoms with Gasteiger partial charge in [-0.2, -0.15) is 0 Å². The number of anilines is 2. The number of piperazine rings is 1. The summed E-state index contributed by atoms with van der Waals surface area (Å²) in [6.45, 7) is 2.79. The SMILES string of the molecule is O=C(Nc1nc(-c2cccnc2)cs1)N1CCN(c2ccc(Br)cn2)CC1. The van der Waals surface area contributed by atoms with Crippen molar-refractivity contribution < 1.29 is 4.79 Å². The van der Waals surface area contributed by atoms with Crippen LogP contribution in [-0.2, 0) is 0 Å². The molecule has 2 amide bonds. The van der Waals surface area contributed by atoms with Gasteiger partial charge >= 0.3 is 6.03 Å². The topological polar surface area (TPSA) is 74.2 Å². The Morgan fingerprint density at radius 2 is 2.00 bits per heavy atom. The fraction of sp³-hybridized carbons (Fsp3) is 0.222. The molecule has 27 heavy (non-hydrogen) atoms. The monoisotopic (exact) mass is 444 g/mol. The first kappa shape index (κ1) is 17.9. The maximum atomic E-state index is 12.5. The number of hydrogen-bond acceptors (Lipinski definition) is 6. The van der Waals surface area contributed by atoms with E-state index in [4.69, 9.17) is 0 Å². The van der Waals surface area contributed by atoms with Crippen molar-refractivity contribution in [2.45, 2.75) is 0 Å². The van der Waals surface area contributed by atoms with Gasteiger partial charge in [0.05, 0.1) is 5.69 Å². The lowest BCUT2D eigenvalue weighted by Crippen LogP contribution is -2.50. The van der Waals surface area contributed by atoms with Gasteiger partial charge in [0, 0.05) is 60.2 Å². The number of aromatic nitrogens is 3. The van der Waals surface area contributed by atoms with Gasteiger partial charge in [0.1, 0.15) is 5.82 Å². The van der Waals surface area contributed by atoms with Gasteiger partial charge in [-0.15, -0.1) is 11.3 Å². The molecule has 0 atom stereocenters. The number of hydrogen-bond donors (Lipinski definition) is 1. The first-order valence-electron chi connectivity index (χ1n) is 8.47. The molecule has 1 aliphatic rings. The van der Waals surface area contributed by atoms with Gasteiger partial charge in [-0.05, 0) is 40.2 Å². The Kier molecular flexibility index (Phi) is 5.30. The molecule has 1 fully saturated rings. The fourth-order valence-electron chi connectivity index (χ4n) is 2.84. The molecule has 3 aromatic rings. The summed E-state index contributed by atoms with van der Waals surface area (Å²) in [7, 11) is 0. The van der Waals surface area contributed by atoms with E-state index in [1.54, 1.807) is 23.5 Å². The van der Waals surface area contributed by atoms with Gasteiger partial charge in [-0.25, -0.2) is 14.8 Å². The molecule has 0 radical (unpaired) electrons. The lowest BCUT2D eigenvalue weighted by atomic mass is 10.2. The molecule has 1 N–H and O–H groups in total. The number of amides is 2. The molecule has 3 aromatic heterocycles. The molecule has 0 aliphatic carbocycles.